The minimum atomic E-state index is -0.420. The summed E-state index contributed by atoms with van der Waals surface area (Å²) >= 11 is 12.4. The number of halogens is 3. The van der Waals surface area contributed by atoms with Crippen LogP contribution in [0.3, 0.4) is 0 Å². The SMILES string of the molecule is ClCC1COC(c2ncc(Br)cc2Br)O1. The molecule has 1 saturated heterocycles. The second-order valence-corrected chi connectivity index (χ2v) is 5.18. The van der Waals surface area contributed by atoms with Gasteiger partial charge in [0.15, 0.2) is 0 Å². The fourth-order valence-electron chi connectivity index (χ4n) is 1.27. The Bertz CT molecular complexity index is 364. The molecule has 2 rings (SSSR count). The first-order valence-corrected chi connectivity index (χ1v) is 6.46. The molecule has 2 atom stereocenters. The van der Waals surface area contributed by atoms with Gasteiger partial charge in [-0.25, -0.2) is 0 Å². The minimum absolute atomic E-state index is 0.0472. The quantitative estimate of drug-likeness (QED) is 0.762. The van der Waals surface area contributed by atoms with Crippen molar-refractivity contribution in [1.82, 2.24) is 4.98 Å². The van der Waals surface area contributed by atoms with Crippen molar-refractivity contribution in [1.29, 1.82) is 0 Å². The smallest absolute Gasteiger partial charge is 0.202 e. The minimum Gasteiger partial charge on any atom is -0.344 e. The summed E-state index contributed by atoms with van der Waals surface area (Å²) in [7, 11) is 0. The van der Waals surface area contributed by atoms with Gasteiger partial charge in [-0.3, -0.25) is 4.98 Å². The fourth-order valence-corrected chi connectivity index (χ4v) is 2.61. The second kappa shape index (κ2) is 5.10. The number of alkyl halides is 1. The van der Waals surface area contributed by atoms with E-state index in [2.05, 4.69) is 36.8 Å². The topological polar surface area (TPSA) is 31.4 Å². The third-order valence-electron chi connectivity index (χ3n) is 1.98. The Morgan fingerprint density at radius 1 is 1.53 bits per heavy atom. The number of aromatic nitrogens is 1. The summed E-state index contributed by atoms with van der Waals surface area (Å²) in [5, 5.41) is 0. The van der Waals surface area contributed by atoms with Gasteiger partial charge in [0.25, 0.3) is 0 Å². The first kappa shape index (κ1) is 11.8. The van der Waals surface area contributed by atoms with E-state index in [4.69, 9.17) is 21.1 Å². The van der Waals surface area contributed by atoms with Gasteiger partial charge in [0.1, 0.15) is 5.69 Å². The normalized spacial score (nSPS) is 25.8. The molecule has 1 fully saturated rings. The Morgan fingerprint density at radius 2 is 2.33 bits per heavy atom. The third-order valence-corrected chi connectivity index (χ3v) is 3.39. The predicted molar refractivity (Wildman–Crippen MR) is 63.9 cm³/mol. The average Bonchev–Trinajstić information content (AvgIpc) is 2.66. The fraction of sp³-hybridized carbons (Fsp3) is 0.444. The molecule has 0 N–H and O–H groups in total. The van der Waals surface area contributed by atoms with Crippen LogP contribution in [-0.2, 0) is 9.47 Å². The molecule has 2 heterocycles. The van der Waals surface area contributed by atoms with Crippen molar-refractivity contribution in [3.05, 3.63) is 26.9 Å². The van der Waals surface area contributed by atoms with Crippen molar-refractivity contribution in [2.24, 2.45) is 0 Å². The van der Waals surface area contributed by atoms with E-state index in [1.54, 1.807) is 6.20 Å². The molecule has 0 spiro atoms. The zero-order chi connectivity index (χ0) is 10.8. The number of hydrogen-bond donors (Lipinski definition) is 0. The van der Waals surface area contributed by atoms with Crippen LogP contribution in [0.4, 0.5) is 0 Å². The van der Waals surface area contributed by atoms with Gasteiger partial charge in [0.2, 0.25) is 6.29 Å². The summed E-state index contributed by atoms with van der Waals surface area (Å²) in [6.07, 6.45) is 1.24. The summed E-state index contributed by atoms with van der Waals surface area (Å²) in [5.74, 6) is 0.435. The number of ether oxygens (including phenoxy) is 2. The molecule has 0 aliphatic carbocycles. The van der Waals surface area contributed by atoms with E-state index in [1.807, 2.05) is 6.07 Å². The molecule has 3 nitrogen and oxygen atoms in total. The highest BCUT2D eigenvalue weighted by atomic mass is 79.9. The Kier molecular flexibility index (Phi) is 4.01. The molecule has 0 amide bonds. The number of nitrogens with zero attached hydrogens (tertiary/aromatic N) is 1. The van der Waals surface area contributed by atoms with Gasteiger partial charge in [-0.15, -0.1) is 11.6 Å². The molecule has 6 heteroatoms. The van der Waals surface area contributed by atoms with E-state index >= 15 is 0 Å². The monoisotopic (exact) mass is 355 g/mol. The average molecular weight is 357 g/mol. The van der Waals surface area contributed by atoms with Gasteiger partial charge in [-0.2, -0.15) is 0 Å². The van der Waals surface area contributed by atoms with Crippen LogP contribution in [0.2, 0.25) is 0 Å². The Morgan fingerprint density at radius 3 is 2.93 bits per heavy atom. The highest BCUT2D eigenvalue weighted by molar-refractivity contribution is 9.11. The summed E-state index contributed by atoms with van der Waals surface area (Å²) < 4.78 is 12.8. The summed E-state index contributed by atoms with van der Waals surface area (Å²) in [6, 6.07) is 1.91. The first-order valence-electron chi connectivity index (χ1n) is 4.34. The van der Waals surface area contributed by atoms with Gasteiger partial charge < -0.3 is 9.47 Å². The maximum Gasteiger partial charge on any atom is 0.202 e. The van der Waals surface area contributed by atoms with Crippen LogP contribution in [0.5, 0.6) is 0 Å². The standard InChI is InChI=1S/C9H8Br2ClNO2/c10-5-1-7(11)8(13-3-5)9-14-4-6(2-12)15-9/h1,3,6,9H,2,4H2. The first-order chi connectivity index (χ1) is 7.20. The summed E-state index contributed by atoms with van der Waals surface area (Å²) in [4.78, 5) is 4.24. The Labute approximate surface area is 109 Å². The second-order valence-electron chi connectivity index (χ2n) is 3.10. The van der Waals surface area contributed by atoms with Gasteiger partial charge >= 0.3 is 0 Å². The molecule has 2 unspecified atom stereocenters. The number of pyridine rings is 1. The maximum absolute atomic E-state index is 5.68. The lowest BCUT2D eigenvalue weighted by atomic mass is 10.3. The molecule has 0 aromatic carbocycles. The lowest BCUT2D eigenvalue weighted by molar-refractivity contribution is -0.0602. The molecule has 1 aliphatic rings. The zero-order valence-corrected chi connectivity index (χ0v) is 11.5. The molecule has 15 heavy (non-hydrogen) atoms. The highest BCUT2D eigenvalue weighted by Gasteiger charge is 2.29. The number of rotatable bonds is 2. The molecule has 1 aliphatic heterocycles. The lowest BCUT2D eigenvalue weighted by Gasteiger charge is -2.11. The number of hydrogen-bond acceptors (Lipinski definition) is 3. The van der Waals surface area contributed by atoms with Gasteiger partial charge in [-0.1, -0.05) is 0 Å². The maximum atomic E-state index is 5.68. The molecular formula is C9H8Br2ClNO2. The van der Waals surface area contributed by atoms with Crippen LogP contribution in [-0.4, -0.2) is 23.6 Å². The van der Waals surface area contributed by atoms with Crippen LogP contribution in [0.25, 0.3) is 0 Å². The molecular weight excluding hydrogens is 349 g/mol. The van der Waals surface area contributed by atoms with Gasteiger partial charge in [-0.05, 0) is 37.9 Å². The molecule has 82 valence electrons. The van der Waals surface area contributed by atoms with Gasteiger partial charge in [0, 0.05) is 15.1 Å². The van der Waals surface area contributed by atoms with E-state index in [0.717, 1.165) is 14.6 Å². The van der Waals surface area contributed by atoms with Crippen molar-refractivity contribution in [3.8, 4) is 0 Å². The zero-order valence-electron chi connectivity index (χ0n) is 7.62. The molecule has 0 bridgehead atoms. The predicted octanol–water partition coefficient (Wildman–Crippen LogP) is 3.26. The highest BCUT2D eigenvalue weighted by Crippen LogP contribution is 2.31. The van der Waals surface area contributed by atoms with Crippen LogP contribution in [0, 0.1) is 0 Å². The van der Waals surface area contributed by atoms with Crippen molar-refractivity contribution < 1.29 is 9.47 Å². The van der Waals surface area contributed by atoms with Crippen LogP contribution in [0.1, 0.15) is 12.0 Å². The molecule has 1 aromatic rings. The van der Waals surface area contributed by atoms with Gasteiger partial charge in [0.05, 0.1) is 18.6 Å². The van der Waals surface area contributed by atoms with E-state index in [-0.39, 0.29) is 6.10 Å². The van der Waals surface area contributed by atoms with Crippen LogP contribution in [0.15, 0.2) is 21.2 Å². The Hall–Kier alpha value is 0.320. The summed E-state index contributed by atoms with van der Waals surface area (Å²) in [6.45, 7) is 0.512. The van der Waals surface area contributed by atoms with E-state index < -0.39 is 6.29 Å². The van der Waals surface area contributed by atoms with Crippen molar-refractivity contribution in [3.63, 3.8) is 0 Å². The third kappa shape index (κ3) is 2.71. The van der Waals surface area contributed by atoms with Crippen molar-refractivity contribution >= 4 is 43.5 Å². The molecule has 0 saturated carbocycles. The molecule has 0 radical (unpaired) electrons. The van der Waals surface area contributed by atoms with Crippen molar-refractivity contribution in [2.75, 3.05) is 12.5 Å². The summed E-state index contributed by atoms with van der Waals surface area (Å²) in [5.41, 5.74) is 0.741. The van der Waals surface area contributed by atoms with E-state index in [0.29, 0.717) is 12.5 Å². The van der Waals surface area contributed by atoms with E-state index in [9.17, 15) is 0 Å². The van der Waals surface area contributed by atoms with Crippen LogP contribution >= 0.6 is 43.5 Å². The molecule has 1 aromatic heterocycles. The van der Waals surface area contributed by atoms with Crippen LogP contribution < -0.4 is 0 Å². The van der Waals surface area contributed by atoms with E-state index in [1.165, 1.54) is 0 Å². The van der Waals surface area contributed by atoms with Crippen molar-refractivity contribution in [2.45, 2.75) is 12.4 Å². The lowest BCUT2D eigenvalue weighted by Crippen LogP contribution is -2.11. The largest absolute Gasteiger partial charge is 0.344 e. The Balaban J connectivity index is 2.17.